The first-order chi connectivity index (χ1) is 10.8. The molecule has 0 saturated heterocycles. The van der Waals surface area contributed by atoms with Crippen LogP contribution in [0, 0.1) is 13.8 Å². The van der Waals surface area contributed by atoms with Gasteiger partial charge >= 0.3 is 5.97 Å². The van der Waals surface area contributed by atoms with E-state index in [0.717, 1.165) is 15.6 Å². The van der Waals surface area contributed by atoms with Gasteiger partial charge < -0.3 is 5.11 Å². The number of carbonyl (C=O) groups is 1. The summed E-state index contributed by atoms with van der Waals surface area (Å²) in [5, 5.41) is 9.23. The summed E-state index contributed by atoms with van der Waals surface area (Å²) in [6.07, 6.45) is 0. The second-order valence-corrected chi connectivity index (χ2v) is 6.66. The van der Waals surface area contributed by atoms with Crippen LogP contribution in [0.4, 0.5) is 5.69 Å². The number of anilines is 1. The van der Waals surface area contributed by atoms with Crippen molar-refractivity contribution in [1.29, 1.82) is 0 Å². The van der Waals surface area contributed by atoms with E-state index >= 15 is 0 Å². The van der Waals surface area contributed by atoms with Gasteiger partial charge in [0, 0.05) is 0 Å². The van der Waals surface area contributed by atoms with Crippen LogP contribution < -0.4 is 4.47 Å². The fraction of sp³-hybridized carbons (Fsp3) is 0.188. The summed E-state index contributed by atoms with van der Waals surface area (Å²) >= 11 is 0. The maximum atomic E-state index is 12.9. The molecule has 23 heavy (non-hydrogen) atoms. The number of sulfonamides is 1. The van der Waals surface area contributed by atoms with E-state index in [4.69, 9.17) is 4.84 Å². The van der Waals surface area contributed by atoms with Crippen molar-refractivity contribution in [3.05, 3.63) is 59.2 Å². The van der Waals surface area contributed by atoms with Gasteiger partial charge in [-0.25, -0.2) is 4.79 Å². The molecule has 0 radical (unpaired) electrons. The normalized spacial score (nSPS) is 11.3. The van der Waals surface area contributed by atoms with E-state index in [1.54, 1.807) is 19.1 Å². The molecule has 0 atom stereocenters. The highest BCUT2D eigenvalue weighted by Crippen LogP contribution is 2.29. The van der Waals surface area contributed by atoms with Crippen molar-refractivity contribution in [3.8, 4) is 0 Å². The molecule has 2 aromatic rings. The van der Waals surface area contributed by atoms with Crippen LogP contribution in [0.1, 0.15) is 21.5 Å². The molecule has 0 aromatic heterocycles. The lowest BCUT2D eigenvalue weighted by Crippen LogP contribution is -2.31. The maximum absolute atomic E-state index is 12.9. The van der Waals surface area contributed by atoms with Crippen LogP contribution >= 0.6 is 0 Å². The summed E-state index contributed by atoms with van der Waals surface area (Å²) in [6, 6.07) is 10.6. The third-order valence-electron chi connectivity index (χ3n) is 3.55. The smallest absolute Gasteiger partial charge is 0.337 e. The molecule has 6 nitrogen and oxygen atoms in total. The fourth-order valence-corrected chi connectivity index (χ4v) is 3.73. The van der Waals surface area contributed by atoms with Gasteiger partial charge in [-0.15, -0.1) is 4.47 Å². The summed E-state index contributed by atoms with van der Waals surface area (Å²) in [7, 11) is -2.96. The van der Waals surface area contributed by atoms with Crippen LogP contribution in [-0.2, 0) is 14.9 Å². The fourth-order valence-electron chi connectivity index (χ4n) is 2.22. The number of nitrogens with zero attached hydrogens (tertiary/aromatic N) is 1. The first-order valence-corrected chi connectivity index (χ1v) is 8.22. The minimum atomic E-state index is -4.19. The molecule has 1 N–H and O–H groups in total. The predicted molar refractivity (Wildman–Crippen MR) is 86.0 cm³/mol. The van der Waals surface area contributed by atoms with E-state index in [-0.39, 0.29) is 10.5 Å². The van der Waals surface area contributed by atoms with Gasteiger partial charge in [0.2, 0.25) is 0 Å². The molecule has 2 rings (SSSR count). The first-order valence-electron chi connectivity index (χ1n) is 6.78. The molecule has 0 bridgehead atoms. The number of hydrogen-bond donors (Lipinski definition) is 1. The van der Waals surface area contributed by atoms with Gasteiger partial charge in [-0.2, -0.15) is 8.42 Å². The second-order valence-electron chi connectivity index (χ2n) is 4.94. The molecule has 0 saturated carbocycles. The highest BCUT2D eigenvalue weighted by molar-refractivity contribution is 7.92. The van der Waals surface area contributed by atoms with E-state index in [0.29, 0.717) is 5.69 Å². The molecule has 2 aromatic carbocycles. The van der Waals surface area contributed by atoms with Crippen molar-refractivity contribution >= 4 is 21.7 Å². The van der Waals surface area contributed by atoms with E-state index in [2.05, 4.69) is 0 Å². The quantitative estimate of drug-likeness (QED) is 0.849. The minimum absolute atomic E-state index is 0.306. The topological polar surface area (TPSA) is 83.9 Å². The Balaban J connectivity index is 2.66. The number of carboxylic acid groups (broad SMARTS) is 1. The van der Waals surface area contributed by atoms with Crippen molar-refractivity contribution < 1.29 is 23.2 Å². The average Bonchev–Trinajstić information content (AvgIpc) is 2.52. The van der Waals surface area contributed by atoms with E-state index in [1.807, 2.05) is 13.0 Å². The highest BCUT2D eigenvalue weighted by atomic mass is 32.2. The summed E-state index contributed by atoms with van der Waals surface area (Å²) in [5.74, 6) is -1.32. The molecule has 0 aliphatic heterocycles. The van der Waals surface area contributed by atoms with E-state index in [1.165, 1.54) is 31.4 Å². The van der Waals surface area contributed by atoms with Gasteiger partial charge in [0.15, 0.2) is 0 Å². The zero-order valence-electron chi connectivity index (χ0n) is 13.0. The Hall–Kier alpha value is -2.38. The molecule has 0 fully saturated rings. The number of benzene rings is 2. The summed E-state index contributed by atoms with van der Waals surface area (Å²) in [5.41, 5.74) is 1.66. The molecule has 7 heteroatoms. The maximum Gasteiger partial charge on any atom is 0.337 e. The third-order valence-corrected chi connectivity index (χ3v) is 5.25. The number of rotatable bonds is 5. The number of aryl methyl sites for hydroxylation is 1. The SMILES string of the molecule is CON(c1cccc(C)c1C)S(=O)(=O)c1ccccc1C(=O)O. The van der Waals surface area contributed by atoms with Crippen LogP contribution in [0.15, 0.2) is 47.4 Å². The van der Waals surface area contributed by atoms with E-state index in [9.17, 15) is 18.3 Å². The molecular formula is C16H17NO5S. The molecule has 0 aliphatic carbocycles. The third kappa shape index (κ3) is 3.06. The number of aromatic carboxylic acids is 1. The molecule has 0 unspecified atom stereocenters. The summed E-state index contributed by atoms with van der Waals surface area (Å²) in [6.45, 7) is 3.62. The monoisotopic (exact) mass is 335 g/mol. The van der Waals surface area contributed by atoms with Gasteiger partial charge in [-0.1, -0.05) is 24.3 Å². The van der Waals surface area contributed by atoms with Crippen LogP contribution in [-0.4, -0.2) is 26.6 Å². The Labute approximate surface area is 134 Å². The Morgan fingerprint density at radius 1 is 1.09 bits per heavy atom. The van der Waals surface area contributed by atoms with Crippen molar-refractivity contribution in [2.45, 2.75) is 18.7 Å². The molecule has 122 valence electrons. The Morgan fingerprint density at radius 2 is 1.74 bits per heavy atom. The molecule has 0 heterocycles. The highest BCUT2D eigenvalue weighted by Gasteiger charge is 2.30. The van der Waals surface area contributed by atoms with Crippen LogP contribution in [0.5, 0.6) is 0 Å². The molecule has 0 amide bonds. The zero-order chi connectivity index (χ0) is 17.2. The standard InChI is InChI=1S/C16H17NO5S/c1-11-7-6-9-14(12(11)2)17(22-3)23(20,21)15-10-5-4-8-13(15)16(18)19/h4-10H,1-3H3,(H,18,19). The van der Waals surface area contributed by atoms with Crippen LogP contribution in [0.3, 0.4) is 0 Å². The predicted octanol–water partition coefficient (Wildman–Crippen LogP) is 2.76. The Bertz CT molecular complexity index is 845. The lowest BCUT2D eigenvalue weighted by Gasteiger charge is -2.24. The van der Waals surface area contributed by atoms with Gasteiger partial charge in [0.25, 0.3) is 10.0 Å². The lowest BCUT2D eigenvalue weighted by atomic mass is 10.1. The van der Waals surface area contributed by atoms with Crippen LogP contribution in [0.2, 0.25) is 0 Å². The lowest BCUT2D eigenvalue weighted by molar-refractivity contribution is 0.0692. The van der Waals surface area contributed by atoms with Crippen LogP contribution in [0.25, 0.3) is 0 Å². The largest absolute Gasteiger partial charge is 0.478 e. The zero-order valence-corrected chi connectivity index (χ0v) is 13.8. The Morgan fingerprint density at radius 3 is 2.35 bits per heavy atom. The summed E-state index contributed by atoms with van der Waals surface area (Å²) in [4.78, 5) is 16.1. The van der Waals surface area contributed by atoms with Gasteiger partial charge in [0.05, 0.1) is 18.4 Å². The van der Waals surface area contributed by atoms with Crippen molar-refractivity contribution in [3.63, 3.8) is 0 Å². The number of hydrogen-bond acceptors (Lipinski definition) is 4. The molecule has 0 spiro atoms. The van der Waals surface area contributed by atoms with Crippen molar-refractivity contribution in [1.82, 2.24) is 0 Å². The Kier molecular flexibility index (Phi) is 4.72. The molecular weight excluding hydrogens is 318 g/mol. The van der Waals surface area contributed by atoms with Gasteiger partial charge in [0.1, 0.15) is 4.90 Å². The van der Waals surface area contributed by atoms with Crippen molar-refractivity contribution in [2.75, 3.05) is 11.6 Å². The van der Waals surface area contributed by atoms with Crippen molar-refractivity contribution in [2.24, 2.45) is 0 Å². The first kappa shape index (κ1) is 17.0. The second kappa shape index (κ2) is 6.39. The van der Waals surface area contributed by atoms with E-state index < -0.39 is 16.0 Å². The molecule has 0 aliphatic rings. The minimum Gasteiger partial charge on any atom is -0.478 e. The average molecular weight is 335 g/mol. The summed E-state index contributed by atoms with van der Waals surface area (Å²) < 4.78 is 26.5. The van der Waals surface area contributed by atoms with Gasteiger partial charge in [-0.05, 0) is 43.2 Å². The number of carboxylic acids is 1. The van der Waals surface area contributed by atoms with Gasteiger partial charge in [-0.3, -0.25) is 4.84 Å².